The van der Waals surface area contributed by atoms with Gasteiger partial charge < -0.3 is 4.74 Å². The third kappa shape index (κ3) is 1.96. The number of Topliss-reactive ketones (excluding diaryl/α,β-unsaturated/α-hetero) is 1. The zero-order valence-corrected chi connectivity index (χ0v) is 11.5. The third-order valence-corrected chi connectivity index (χ3v) is 3.96. The zero-order valence-electron chi connectivity index (χ0n) is 11.5. The summed E-state index contributed by atoms with van der Waals surface area (Å²) in [5.74, 6) is 0.0702. The maximum atomic E-state index is 12.4. The van der Waals surface area contributed by atoms with Crippen LogP contribution < -0.4 is 0 Å². The molecule has 0 aromatic heterocycles. The van der Waals surface area contributed by atoms with Crippen molar-refractivity contribution in [2.45, 2.75) is 6.61 Å². The molecule has 0 amide bonds. The molecule has 0 unspecified atom stereocenters. The summed E-state index contributed by atoms with van der Waals surface area (Å²) in [6, 6.07) is 20.4. The number of carbonyl (C=O) groups is 1. The zero-order chi connectivity index (χ0) is 14.2. The summed E-state index contributed by atoms with van der Waals surface area (Å²) in [4.78, 5) is 12.4. The van der Waals surface area contributed by atoms with E-state index in [0.29, 0.717) is 6.61 Å². The number of carbonyl (C=O) groups excluding carboxylic acids is 1. The summed E-state index contributed by atoms with van der Waals surface area (Å²) < 4.78 is 5.40. The van der Waals surface area contributed by atoms with E-state index < -0.39 is 0 Å². The van der Waals surface area contributed by atoms with E-state index in [1.165, 1.54) is 0 Å². The summed E-state index contributed by atoms with van der Waals surface area (Å²) in [7, 11) is 0. The van der Waals surface area contributed by atoms with Gasteiger partial charge in [-0.15, -0.1) is 0 Å². The Morgan fingerprint density at radius 3 is 2.43 bits per heavy atom. The Bertz CT molecular complexity index is 835. The largest absolute Gasteiger partial charge is 0.369 e. The molecule has 0 saturated carbocycles. The van der Waals surface area contributed by atoms with Crippen molar-refractivity contribution in [1.29, 1.82) is 0 Å². The molecule has 0 spiro atoms. The molecule has 0 saturated heterocycles. The van der Waals surface area contributed by atoms with Gasteiger partial charge in [0.2, 0.25) is 0 Å². The fourth-order valence-corrected chi connectivity index (χ4v) is 3.07. The van der Waals surface area contributed by atoms with Gasteiger partial charge in [0.25, 0.3) is 0 Å². The summed E-state index contributed by atoms with van der Waals surface area (Å²) >= 11 is 0. The lowest BCUT2D eigenvalue weighted by molar-refractivity contribution is 0.0667. The highest BCUT2D eigenvalue weighted by molar-refractivity contribution is 6.12. The van der Waals surface area contributed by atoms with E-state index in [2.05, 4.69) is 30.3 Å². The van der Waals surface area contributed by atoms with E-state index in [9.17, 15) is 4.79 Å². The molecular formula is C19H14O2. The molecule has 3 aromatic rings. The van der Waals surface area contributed by atoms with Gasteiger partial charge in [0.1, 0.15) is 6.61 Å². The molecule has 1 aliphatic rings. The van der Waals surface area contributed by atoms with Crippen molar-refractivity contribution in [3.8, 4) is 11.1 Å². The van der Waals surface area contributed by atoms with Crippen LogP contribution in [0.2, 0.25) is 0 Å². The van der Waals surface area contributed by atoms with Crippen LogP contribution in [-0.2, 0) is 11.3 Å². The van der Waals surface area contributed by atoms with Crippen LogP contribution >= 0.6 is 0 Å². The first-order valence-corrected chi connectivity index (χ1v) is 7.05. The molecule has 4 rings (SSSR count). The van der Waals surface area contributed by atoms with Crippen LogP contribution in [0.5, 0.6) is 0 Å². The van der Waals surface area contributed by atoms with Gasteiger partial charge in [-0.3, -0.25) is 4.79 Å². The second-order valence-corrected chi connectivity index (χ2v) is 5.29. The maximum absolute atomic E-state index is 12.4. The smallest absolute Gasteiger partial charge is 0.189 e. The molecule has 0 bridgehead atoms. The van der Waals surface area contributed by atoms with E-state index in [1.807, 2.05) is 30.3 Å². The van der Waals surface area contributed by atoms with Gasteiger partial charge in [-0.2, -0.15) is 0 Å². The summed E-state index contributed by atoms with van der Waals surface area (Å²) in [5, 5.41) is 2.27. The predicted molar refractivity (Wildman–Crippen MR) is 83.4 cm³/mol. The highest BCUT2D eigenvalue weighted by Gasteiger charge is 2.24. The minimum absolute atomic E-state index is 0.0702. The molecule has 0 N–H and O–H groups in total. The monoisotopic (exact) mass is 274 g/mol. The first-order chi connectivity index (χ1) is 10.3. The van der Waals surface area contributed by atoms with Crippen molar-refractivity contribution >= 4 is 16.6 Å². The lowest BCUT2D eigenvalue weighted by atomic mass is 9.87. The van der Waals surface area contributed by atoms with Crippen molar-refractivity contribution in [3.05, 3.63) is 71.8 Å². The van der Waals surface area contributed by atoms with E-state index in [-0.39, 0.29) is 12.4 Å². The number of rotatable bonds is 1. The van der Waals surface area contributed by atoms with Gasteiger partial charge in [0.05, 0.1) is 6.61 Å². The van der Waals surface area contributed by atoms with Crippen molar-refractivity contribution in [1.82, 2.24) is 0 Å². The van der Waals surface area contributed by atoms with E-state index >= 15 is 0 Å². The average molecular weight is 274 g/mol. The van der Waals surface area contributed by atoms with E-state index in [4.69, 9.17) is 4.74 Å². The number of hydrogen-bond acceptors (Lipinski definition) is 2. The van der Waals surface area contributed by atoms with Crippen LogP contribution in [0.4, 0.5) is 0 Å². The normalized spacial score (nSPS) is 14.2. The van der Waals surface area contributed by atoms with Crippen LogP contribution in [-0.4, -0.2) is 12.4 Å². The summed E-state index contributed by atoms with van der Waals surface area (Å²) in [6.45, 7) is 0.677. The van der Waals surface area contributed by atoms with Crippen molar-refractivity contribution in [2.24, 2.45) is 0 Å². The Kier molecular flexibility index (Phi) is 2.83. The Hall–Kier alpha value is -2.45. The lowest BCUT2D eigenvalue weighted by Gasteiger charge is -2.21. The molecule has 2 nitrogen and oxygen atoms in total. The van der Waals surface area contributed by atoms with E-state index in [1.54, 1.807) is 0 Å². The Balaban J connectivity index is 2.15. The topological polar surface area (TPSA) is 26.3 Å². The number of ketones is 1. The SMILES string of the molecule is O=C1COCc2cc3ccccc3c(-c3ccccc3)c21. The molecule has 102 valence electrons. The van der Waals surface area contributed by atoms with Gasteiger partial charge in [-0.05, 0) is 28.0 Å². The number of fused-ring (bicyclic) bond motifs is 2. The highest BCUT2D eigenvalue weighted by Crippen LogP contribution is 2.36. The predicted octanol–water partition coefficient (Wildman–Crippen LogP) is 4.22. The van der Waals surface area contributed by atoms with Gasteiger partial charge in [0.15, 0.2) is 5.78 Å². The lowest BCUT2D eigenvalue weighted by Crippen LogP contribution is -2.19. The van der Waals surface area contributed by atoms with Crippen LogP contribution in [0.3, 0.4) is 0 Å². The van der Waals surface area contributed by atoms with Crippen LogP contribution in [0.15, 0.2) is 60.7 Å². The molecule has 0 aliphatic carbocycles. The molecule has 21 heavy (non-hydrogen) atoms. The fraction of sp³-hybridized carbons (Fsp3) is 0.105. The Labute approximate surface area is 123 Å². The molecule has 0 radical (unpaired) electrons. The first-order valence-electron chi connectivity index (χ1n) is 7.05. The van der Waals surface area contributed by atoms with Gasteiger partial charge in [0, 0.05) is 11.1 Å². The minimum Gasteiger partial charge on any atom is -0.369 e. The van der Waals surface area contributed by atoms with Crippen LogP contribution in [0.25, 0.3) is 21.9 Å². The molecule has 1 aliphatic heterocycles. The average Bonchev–Trinajstić information content (AvgIpc) is 2.54. The molecule has 2 heteroatoms. The summed E-state index contributed by atoms with van der Waals surface area (Å²) in [6.07, 6.45) is 0. The van der Waals surface area contributed by atoms with Crippen LogP contribution in [0.1, 0.15) is 15.9 Å². The van der Waals surface area contributed by atoms with Crippen molar-refractivity contribution in [3.63, 3.8) is 0 Å². The second-order valence-electron chi connectivity index (χ2n) is 5.29. The molecule has 3 aromatic carbocycles. The quantitative estimate of drug-likeness (QED) is 0.664. The maximum Gasteiger partial charge on any atom is 0.189 e. The number of ether oxygens (including phenoxy) is 1. The number of benzene rings is 3. The minimum atomic E-state index is 0.0702. The van der Waals surface area contributed by atoms with Gasteiger partial charge in [-0.25, -0.2) is 0 Å². The Morgan fingerprint density at radius 1 is 0.810 bits per heavy atom. The highest BCUT2D eigenvalue weighted by atomic mass is 16.5. The van der Waals surface area contributed by atoms with Gasteiger partial charge in [-0.1, -0.05) is 54.6 Å². The molecular weight excluding hydrogens is 260 g/mol. The third-order valence-electron chi connectivity index (χ3n) is 3.96. The summed E-state index contributed by atoms with van der Waals surface area (Å²) in [5.41, 5.74) is 3.94. The molecule has 0 atom stereocenters. The Morgan fingerprint density at radius 2 is 1.57 bits per heavy atom. The van der Waals surface area contributed by atoms with Gasteiger partial charge >= 0.3 is 0 Å². The standard InChI is InChI=1S/C19H14O2/c20-17-12-21-11-15-10-14-8-4-5-9-16(14)18(19(15)17)13-6-2-1-3-7-13/h1-10H,11-12H2. The first kappa shape index (κ1) is 12.3. The van der Waals surface area contributed by atoms with Crippen molar-refractivity contribution < 1.29 is 9.53 Å². The van der Waals surface area contributed by atoms with Crippen LogP contribution in [0, 0.1) is 0 Å². The van der Waals surface area contributed by atoms with Crippen molar-refractivity contribution in [2.75, 3.05) is 6.61 Å². The van der Waals surface area contributed by atoms with E-state index in [0.717, 1.165) is 33.0 Å². The molecule has 0 fully saturated rings. The second kappa shape index (κ2) is 4.83. The fourth-order valence-electron chi connectivity index (χ4n) is 3.07. The molecule has 1 heterocycles. The number of hydrogen-bond donors (Lipinski definition) is 0.